The number of carboxylic acids is 1. The van der Waals surface area contributed by atoms with Crippen molar-refractivity contribution in [3.05, 3.63) is 101 Å². The van der Waals surface area contributed by atoms with Crippen LogP contribution < -0.4 is 9.46 Å². The Balaban J connectivity index is 1.85. The Morgan fingerprint density at radius 3 is 2.18 bits per heavy atom. The van der Waals surface area contributed by atoms with E-state index in [-0.39, 0.29) is 34.7 Å². The highest BCUT2D eigenvalue weighted by Crippen LogP contribution is 2.33. The number of carbonyl (C=O) groups is 1. The quantitative estimate of drug-likeness (QED) is 0.270. The molecule has 1 unspecified atom stereocenters. The van der Waals surface area contributed by atoms with Gasteiger partial charge in [0.1, 0.15) is 5.75 Å². The number of aliphatic hydroxyl groups excluding tert-OH is 1. The van der Waals surface area contributed by atoms with Crippen molar-refractivity contribution >= 4 is 26.8 Å². The number of hydrogen-bond acceptors (Lipinski definition) is 6. The number of benzene rings is 3. The summed E-state index contributed by atoms with van der Waals surface area (Å²) in [6, 6.07) is 15.4. The van der Waals surface area contributed by atoms with Gasteiger partial charge >= 0.3 is 12.3 Å². The Kier molecular flexibility index (Phi) is 7.91. The predicted octanol–water partition coefficient (Wildman–Crippen LogP) is 4.74. The molecule has 0 bridgehead atoms. The summed E-state index contributed by atoms with van der Waals surface area (Å²) >= 11 is 0. The van der Waals surface area contributed by atoms with Crippen LogP contribution in [-0.4, -0.2) is 42.6 Å². The van der Waals surface area contributed by atoms with Gasteiger partial charge in [-0.3, -0.25) is 4.98 Å². The van der Waals surface area contributed by atoms with Gasteiger partial charge in [0.15, 0.2) is 0 Å². The van der Waals surface area contributed by atoms with E-state index in [1.807, 2.05) is 18.2 Å². The van der Waals surface area contributed by atoms with Gasteiger partial charge in [0.05, 0.1) is 27.9 Å². The number of pyridine rings is 1. The average molecular weight is 561 g/mol. The van der Waals surface area contributed by atoms with Crippen molar-refractivity contribution in [2.24, 2.45) is 0 Å². The molecule has 0 fully saturated rings. The van der Waals surface area contributed by atoms with Crippen LogP contribution in [0.5, 0.6) is 5.75 Å². The number of aryl methyl sites for hydroxylation is 1. The highest BCUT2D eigenvalue weighted by Gasteiger charge is 2.32. The van der Waals surface area contributed by atoms with Gasteiger partial charge in [-0.1, -0.05) is 36.4 Å². The molecule has 204 valence electrons. The molecule has 0 aliphatic heterocycles. The Labute approximate surface area is 221 Å². The first kappa shape index (κ1) is 28.0. The lowest BCUT2D eigenvalue weighted by Gasteiger charge is -2.23. The highest BCUT2D eigenvalue weighted by molar-refractivity contribution is 7.89. The molecule has 0 saturated carbocycles. The van der Waals surface area contributed by atoms with Gasteiger partial charge in [-0.05, 0) is 59.8 Å². The molecule has 0 radical (unpaired) electrons. The lowest BCUT2D eigenvalue weighted by molar-refractivity contribution is -0.274. The summed E-state index contributed by atoms with van der Waals surface area (Å²) < 4.78 is 71.4. The fourth-order valence-electron chi connectivity index (χ4n) is 4.21. The lowest BCUT2D eigenvalue weighted by Crippen LogP contribution is -2.31. The van der Waals surface area contributed by atoms with Crippen molar-refractivity contribution < 1.29 is 41.3 Å². The number of sulfonamides is 1. The summed E-state index contributed by atoms with van der Waals surface area (Å²) in [5.41, 5.74) is 1.59. The number of aromatic carboxylic acids is 1. The van der Waals surface area contributed by atoms with Gasteiger partial charge in [-0.25, -0.2) is 13.2 Å². The van der Waals surface area contributed by atoms with Gasteiger partial charge in [0.25, 0.3) is 0 Å². The molecule has 1 heterocycles. The van der Waals surface area contributed by atoms with Crippen molar-refractivity contribution in [1.29, 1.82) is 0 Å². The fraction of sp³-hybridized carbons (Fsp3) is 0.185. The third kappa shape index (κ3) is 6.36. The molecular formula is C27H23F3N2O6S. The second-order valence-corrected chi connectivity index (χ2v) is 10.3. The van der Waals surface area contributed by atoms with Crippen LogP contribution >= 0.6 is 0 Å². The average Bonchev–Trinajstić information content (AvgIpc) is 2.89. The van der Waals surface area contributed by atoms with Gasteiger partial charge in [0, 0.05) is 18.4 Å². The van der Waals surface area contributed by atoms with Crippen LogP contribution in [0.4, 0.5) is 13.2 Å². The SMILES string of the molecule is Cc1c(C(NS(=O)(=O)c2ccc(C(=O)O)cc2)c2ccc(OC(F)(F)F)cc2)nc(CCO)c2ccccc12. The van der Waals surface area contributed by atoms with Crippen LogP contribution in [0.1, 0.15) is 38.9 Å². The van der Waals surface area contributed by atoms with E-state index in [4.69, 9.17) is 5.11 Å². The highest BCUT2D eigenvalue weighted by atomic mass is 32.2. The number of hydrogen-bond donors (Lipinski definition) is 3. The van der Waals surface area contributed by atoms with Crippen LogP contribution in [0.15, 0.2) is 77.7 Å². The molecule has 0 amide bonds. The second-order valence-electron chi connectivity index (χ2n) is 8.59. The Morgan fingerprint density at radius 2 is 1.62 bits per heavy atom. The molecule has 1 aromatic heterocycles. The number of rotatable bonds is 9. The number of halogens is 3. The van der Waals surface area contributed by atoms with E-state index < -0.39 is 34.1 Å². The number of carboxylic acid groups (broad SMARTS) is 1. The summed E-state index contributed by atoms with van der Waals surface area (Å²) in [5.74, 6) is -1.71. The zero-order chi connectivity index (χ0) is 28.4. The molecular weight excluding hydrogens is 537 g/mol. The van der Waals surface area contributed by atoms with E-state index in [1.165, 1.54) is 12.1 Å². The standard InChI is InChI=1S/C27H23F3N2O6S/c1-16-21-4-2-3-5-22(21)23(14-15-33)31-24(16)25(17-6-10-19(11-7-17)38-27(28,29)30)32-39(36,37)20-12-8-18(9-13-20)26(34)35/h2-13,25,32-33H,14-15H2,1H3,(H,34,35). The lowest BCUT2D eigenvalue weighted by atomic mass is 9.95. The van der Waals surface area contributed by atoms with Gasteiger partial charge in [0.2, 0.25) is 10.0 Å². The molecule has 39 heavy (non-hydrogen) atoms. The number of ether oxygens (including phenoxy) is 1. The molecule has 3 N–H and O–H groups in total. The Morgan fingerprint density at radius 1 is 1.00 bits per heavy atom. The largest absolute Gasteiger partial charge is 0.573 e. The summed E-state index contributed by atoms with van der Waals surface area (Å²) in [7, 11) is -4.28. The summed E-state index contributed by atoms with van der Waals surface area (Å²) in [5, 5.41) is 20.3. The molecule has 12 heteroatoms. The van der Waals surface area contributed by atoms with Crippen molar-refractivity contribution in [3.63, 3.8) is 0 Å². The summed E-state index contributed by atoms with van der Waals surface area (Å²) in [4.78, 5) is 15.7. The molecule has 1 atom stereocenters. The van der Waals surface area contributed by atoms with Crippen LogP contribution in [0.2, 0.25) is 0 Å². The molecule has 0 aliphatic carbocycles. The maximum atomic E-state index is 13.4. The molecule has 4 aromatic rings. The third-order valence-electron chi connectivity index (χ3n) is 6.04. The van der Waals surface area contributed by atoms with Crippen LogP contribution in [0.3, 0.4) is 0 Å². The fourth-order valence-corrected chi connectivity index (χ4v) is 5.40. The first-order valence-electron chi connectivity index (χ1n) is 11.6. The number of nitrogens with one attached hydrogen (secondary N) is 1. The predicted molar refractivity (Wildman–Crippen MR) is 136 cm³/mol. The van der Waals surface area contributed by atoms with E-state index in [9.17, 15) is 31.5 Å². The normalized spacial score (nSPS) is 12.8. The zero-order valence-electron chi connectivity index (χ0n) is 20.4. The molecule has 0 aliphatic rings. The Hall–Kier alpha value is -4.00. The van der Waals surface area contributed by atoms with E-state index in [2.05, 4.69) is 14.4 Å². The summed E-state index contributed by atoms with van der Waals surface area (Å²) in [6.07, 6.45) is -4.72. The summed E-state index contributed by atoms with van der Waals surface area (Å²) in [6.45, 7) is 1.53. The number of aromatic nitrogens is 1. The third-order valence-corrected chi connectivity index (χ3v) is 7.47. The molecule has 0 spiro atoms. The second kappa shape index (κ2) is 11.0. The van der Waals surface area contributed by atoms with E-state index >= 15 is 0 Å². The van der Waals surface area contributed by atoms with Gasteiger partial charge < -0.3 is 14.9 Å². The monoisotopic (exact) mass is 560 g/mol. The molecule has 8 nitrogen and oxygen atoms in total. The number of nitrogens with zero attached hydrogens (tertiary/aromatic N) is 1. The van der Waals surface area contributed by atoms with Crippen LogP contribution in [0.25, 0.3) is 10.8 Å². The van der Waals surface area contributed by atoms with Crippen LogP contribution in [0, 0.1) is 6.92 Å². The maximum Gasteiger partial charge on any atom is 0.573 e. The first-order valence-corrected chi connectivity index (χ1v) is 13.1. The van der Waals surface area contributed by atoms with Gasteiger partial charge in [-0.2, -0.15) is 4.72 Å². The van der Waals surface area contributed by atoms with Crippen LogP contribution in [-0.2, 0) is 16.4 Å². The zero-order valence-corrected chi connectivity index (χ0v) is 21.3. The minimum absolute atomic E-state index is 0.105. The molecule has 4 rings (SSSR count). The van der Waals surface area contributed by atoms with Gasteiger partial charge in [-0.15, -0.1) is 13.2 Å². The minimum atomic E-state index is -4.90. The van der Waals surface area contributed by atoms with Crippen molar-refractivity contribution in [3.8, 4) is 5.75 Å². The van der Waals surface area contributed by atoms with Crippen molar-refractivity contribution in [1.82, 2.24) is 9.71 Å². The Bertz CT molecular complexity index is 1610. The topological polar surface area (TPSA) is 126 Å². The molecule has 3 aromatic carbocycles. The maximum absolute atomic E-state index is 13.4. The number of fused-ring (bicyclic) bond motifs is 1. The van der Waals surface area contributed by atoms with Crippen molar-refractivity contribution in [2.45, 2.75) is 30.6 Å². The van der Waals surface area contributed by atoms with E-state index in [0.717, 1.165) is 47.2 Å². The minimum Gasteiger partial charge on any atom is -0.478 e. The van der Waals surface area contributed by atoms with E-state index in [1.54, 1.807) is 13.0 Å². The smallest absolute Gasteiger partial charge is 0.478 e. The van der Waals surface area contributed by atoms with E-state index in [0.29, 0.717) is 11.3 Å². The van der Waals surface area contributed by atoms with Crippen molar-refractivity contribution in [2.75, 3.05) is 6.61 Å². The molecule has 0 saturated heterocycles. The number of alkyl halides is 3. The first-order chi connectivity index (χ1) is 18.4. The number of aliphatic hydroxyl groups is 1.